The minimum absolute atomic E-state index is 0.0948. The molecule has 7 aliphatic heterocycles. The second kappa shape index (κ2) is 30.8. The lowest BCUT2D eigenvalue weighted by atomic mass is 9.86. The number of aliphatic carboxylic acids is 1. The van der Waals surface area contributed by atoms with Crippen LogP contribution in [0.4, 0.5) is 0 Å². The van der Waals surface area contributed by atoms with Gasteiger partial charge in [-0.2, -0.15) is 0 Å². The zero-order valence-electron chi connectivity index (χ0n) is 55.0. The molecule has 0 aromatic heterocycles. The number of phenolic OH excluding ortho intramolecular Hbond substituents is 3. The highest BCUT2D eigenvalue weighted by atomic mass is 35.5. The van der Waals surface area contributed by atoms with Crippen molar-refractivity contribution in [2.45, 2.75) is 156 Å². The fraction of sp³-hybridized carbons (Fsp3) is 0.424. The number of rotatable bonds is 14. The summed E-state index contributed by atoms with van der Waals surface area (Å²) in [5, 5.41) is 120. The molecule has 7 heterocycles. The van der Waals surface area contributed by atoms with Gasteiger partial charge in [-0.3, -0.25) is 44.8 Å². The number of hydrogen-bond donors (Lipinski definition) is 20. The molecule has 36 heteroatoms. The van der Waals surface area contributed by atoms with Gasteiger partial charge in [0.25, 0.3) is 0 Å². The van der Waals surface area contributed by atoms with Crippen LogP contribution >= 0.6 is 23.2 Å². The number of nitrogens with one attached hydrogen (secondary N) is 8. The van der Waals surface area contributed by atoms with Crippen LogP contribution in [0.5, 0.6) is 46.0 Å². The molecule has 7 aliphatic rings. The van der Waals surface area contributed by atoms with Crippen LogP contribution in [0.15, 0.2) is 78.9 Å². The molecule has 548 valence electrons. The van der Waals surface area contributed by atoms with Crippen LogP contribution in [0.25, 0.3) is 11.1 Å². The van der Waals surface area contributed by atoms with Crippen LogP contribution in [0.3, 0.4) is 0 Å². The summed E-state index contributed by atoms with van der Waals surface area (Å²) in [5.41, 5.74) is 10.5. The van der Waals surface area contributed by atoms with Gasteiger partial charge in [-0.25, -0.2) is 4.79 Å². The standard InChI is InChI=1S/C66H77Cl2N11O23/c1-23(2)12-34(72-5)58(89)78-49-51(84)26-7-10-38(32(67)14-26)98-40-16-28-17-41(55(40)102-65-56(54(87)53(86)42(100-65)22-73-71)101-44-21-66(4,70)57(88)24(3)97-44)99-39-11-8-27(15-33(39)68)52(85)50-63(94)77-48(64(95)96)31-18-29(80)19-37(82)45(31)30-13-25(6-9-36(30)81)46(60(91)79-50)76-61(92)47(28)75-59(90)35(20-43(69)83)74-62(49)93/h6-11,13-19,23-24,34-35,42,44,46-54,56-57,65,72-73,80-82,84-88H,12,20-22,70-71H2,1-5H3,(H2,69,83)(H,74,93)(H,75,90)(H,76,92)(H,77,94)(H,78,89)(H,79,91)(H,95,96)/t24?,34-,35+,42?,44?,46-,47-,48-,49-,50+,51-,52-,53?,54?,56?,57?,65?,66?/m1/s1. The van der Waals surface area contributed by atoms with Crippen molar-refractivity contribution >= 4 is 70.5 Å². The molecular formula is C66H77Cl2N11O23. The van der Waals surface area contributed by atoms with E-state index in [1.807, 2.05) is 13.8 Å². The number of carbonyl (C=O) groups excluding carboxylic acids is 7. The number of phenols is 3. The number of carbonyl (C=O) groups is 8. The lowest BCUT2D eigenvalue weighted by molar-refractivity contribution is -0.330. The Morgan fingerprint density at radius 1 is 0.716 bits per heavy atom. The van der Waals surface area contributed by atoms with Crippen molar-refractivity contribution in [3.63, 3.8) is 0 Å². The molecule has 0 spiro atoms. The summed E-state index contributed by atoms with van der Waals surface area (Å²) in [4.78, 5) is 117. The number of carboxylic acids is 1. The van der Waals surface area contributed by atoms with E-state index in [0.29, 0.717) is 0 Å². The minimum Gasteiger partial charge on any atom is -0.508 e. The summed E-state index contributed by atoms with van der Waals surface area (Å²) in [6, 6.07) is -0.485. The zero-order valence-corrected chi connectivity index (χ0v) is 56.5. The van der Waals surface area contributed by atoms with Crippen LogP contribution < -0.4 is 74.2 Å². The molecule has 5 aromatic carbocycles. The molecule has 5 aromatic rings. The zero-order chi connectivity index (χ0) is 74.2. The number of halogens is 2. The average Bonchev–Trinajstić information content (AvgIpc) is 0.768. The summed E-state index contributed by atoms with van der Waals surface area (Å²) in [6.45, 7) is 6.29. The summed E-state index contributed by atoms with van der Waals surface area (Å²) < 4.78 is 38.8. The highest BCUT2D eigenvalue weighted by Gasteiger charge is 2.51. The van der Waals surface area contributed by atoms with Crippen molar-refractivity contribution in [3.8, 4) is 57.1 Å². The third-order valence-electron chi connectivity index (χ3n) is 17.9. The number of primary amides is 1. The highest BCUT2D eigenvalue weighted by Crippen LogP contribution is 2.50. The Balaban J connectivity index is 1.24. The first-order valence-corrected chi connectivity index (χ1v) is 32.7. The van der Waals surface area contributed by atoms with Gasteiger partial charge in [0, 0.05) is 41.3 Å². The first kappa shape index (κ1) is 75.4. The first-order valence-electron chi connectivity index (χ1n) is 31.9. The minimum atomic E-state index is -2.33. The number of ether oxygens (including phenoxy) is 6. The second-order valence-corrected chi connectivity index (χ2v) is 26.8. The molecule has 0 saturated carbocycles. The highest BCUT2D eigenvalue weighted by molar-refractivity contribution is 6.32. The van der Waals surface area contributed by atoms with E-state index in [1.54, 1.807) is 0 Å². The Kier molecular flexibility index (Phi) is 22.7. The molecular weight excluding hydrogens is 1390 g/mol. The number of aliphatic hydroxyl groups excluding tert-OH is 5. The average molecular weight is 1460 g/mol. The molecule has 0 aliphatic carbocycles. The van der Waals surface area contributed by atoms with Gasteiger partial charge in [0.1, 0.15) is 89.5 Å². The predicted octanol–water partition coefficient (Wildman–Crippen LogP) is -0.423. The maximum Gasteiger partial charge on any atom is 0.330 e. The quantitative estimate of drug-likeness (QED) is 0.0496. The van der Waals surface area contributed by atoms with E-state index in [9.17, 15) is 69.9 Å². The SMILES string of the molecule is CN[C@H](CC(C)C)C(=O)N[C@H]1C(=O)N[C@@H](CC(N)=O)C(=O)N[C@H]2C(=O)N[C@H]3C(=O)N[C@H](C(=O)N[C@@H](C(=O)O)c4cc(O)cc(O)c4-c4cc3ccc4O)[C@H](O)c3ccc(c(Cl)c3)Oc3cc2cc(c3OC2OC(CNN)C(O)C(O)C2OC2CC(C)(N)C(O)C(C)O2)Oc2ccc(cc2Cl)[C@H]1O. The third-order valence-corrected chi connectivity index (χ3v) is 18.5. The Morgan fingerprint density at radius 3 is 1.91 bits per heavy atom. The third kappa shape index (κ3) is 16.0. The Hall–Kier alpha value is -9.24. The van der Waals surface area contributed by atoms with Gasteiger partial charge in [0.05, 0.1) is 34.7 Å². The lowest BCUT2D eigenvalue weighted by Gasteiger charge is -2.47. The maximum atomic E-state index is 16.1. The summed E-state index contributed by atoms with van der Waals surface area (Å²) in [5.74, 6) is -10.0. The largest absolute Gasteiger partial charge is 0.508 e. The number of nitrogens with two attached hydrogens (primary N) is 3. The summed E-state index contributed by atoms with van der Waals surface area (Å²) >= 11 is 14.2. The molecule has 7 amide bonds. The number of aromatic hydroxyl groups is 3. The topological polar surface area (TPSA) is 548 Å². The number of carboxylic acid groups (broad SMARTS) is 1. The monoisotopic (exact) mass is 1460 g/mol. The molecule has 0 radical (unpaired) electrons. The van der Waals surface area contributed by atoms with E-state index in [-0.39, 0.29) is 58.5 Å². The van der Waals surface area contributed by atoms with Gasteiger partial charge in [-0.15, -0.1) is 0 Å². The van der Waals surface area contributed by atoms with Gasteiger partial charge in [0.2, 0.25) is 53.4 Å². The Morgan fingerprint density at radius 2 is 1.32 bits per heavy atom. The molecule has 2 fully saturated rings. The van der Waals surface area contributed by atoms with E-state index in [1.165, 1.54) is 33.0 Å². The normalized spacial score (nSPS) is 29.3. The Bertz CT molecular complexity index is 4100. The Labute approximate surface area is 590 Å². The van der Waals surface area contributed by atoms with Crippen LogP contribution in [0, 0.1) is 5.92 Å². The van der Waals surface area contributed by atoms with E-state index in [0.717, 1.165) is 66.7 Å². The van der Waals surface area contributed by atoms with Crippen LogP contribution in [-0.4, -0.2) is 186 Å². The van der Waals surface area contributed by atoms with Crippen molar-refractivity contribution in [1.29, 1.82) is 0 Å². The number of likely N-dealkylation sites (N-methyl/N-ethyl adjacent to an activating group) is 1. The molecule has 12 rings (SSSR count). The van der Waals surface area contributed by atoms with Gasteiger partial charge in [0.15, 0.2) is 29.9 Å². The van der Waals surface area contributed by atoms with Gasteiger partial charge < -0.3 is 123 Å². The van der Waals surface area contributed by atoms with E-state index < -0.39 is 225 Å². The van der Waals surface area contributed by atoms with Crippen LogP contribution in [-0.2, 0) is 52.6 Å². The van der Waals surface area contributed by atoms with Crippen molar-refractivity contribution in [2.75, 3.05) is 13.6 Å². The molecule has 2 saturated heterocycles. The molecule has 102 heavy (non-hydrogen) atoms. The second-order valence-electron chi connectivity index (χ2n) is 25.9. The number of fused-ring (bicyclic) bond motifs is 15. The van der Waals surface area contributed by atoms with Gasteiger partial charge in [-0.05, 0) is 110 Å². The van der Waals surface area contributed by atoms with Crippen LogP contribution in [0.2, 0.25) is 10.0 Å². The van der Waals surface area contributed by atoms with Crippen molar-refractivity contribution in [1.82, 2.24) is 42.6 Å². The molecule has 18 atom stereocenters. The molecule has 23 N–H and O–H groups in total. The molecule has 34 nitrogen and oxygen atoms in total. The van der Waals surface area contributed by atoms with E-state index >= 15 is 14.4 Å². The fourth-order valence-corrected chi connectivity index (χ4v) is 13.1. The number of hydrogen-bond acceptors (Lipinski definition) is 26. The van der Waals surface area contributed by atoms with Crippen molar-refractivity contribution in [3.05, 3.63) is 117 Å². The van der Waals surface area contributed by atoms with Gasteiger partial charge in [-0.1, -0.05) is 55.2 Å². The van der Waals surface area contributed by atoms with Crippen molar-refractivity contribution in [2.24, 2.45) is 23.2 Å². The number of aliphatic hydroxyl groups is 5. The molecule has 11 bridgehead atoms. The molecule has 9 unspecified atom stereocenters. The summed E-state index contributed by atoms with van der Waals surface area (Å²) in [6.07, 6.45) is -18.0. The first-order chi connectivity index (χ1) is 48.2. The number of benzene rings is 5. The van der Waals surface area contributed by atoms with Gasteiger partial charge >= 0.3 is 5.97 Å². The predicted molar refractivity (Wildman–Crippen MR) is 354 cm³/mol. The van der Waals surface area contributed by atoms with Crippen LogP contribution in [0.1, 0.15) is 105 Å². The van der Waals surface area contributed by atoms with E-state index in [2.05, 4.69) is 42.6 Å². The maximum absolute atomic E-state index is 16.1. The summed E-state index contributed by atoms with van der Waals surface area (Å²) in [7, 11) is 1.48. The number of amides is 7. The number of hydrazine groups is 1. The lowest BCUT2D eigenvalue weighted by Crippen LogP contribution is -2.65. The van der Waals surface area contributed by atoms with E-state index in [4.69, 9.17) is 68.9 Å². The van der Waals surface area contributed by atoms with Crippen molar-refractivity contribution < 1.29 is 113 Å². The fourth-order valence-electron chi connectivity index (χ4n) is 12.6. The smallest absolute Gasteiger partial charge is 0.330 e.